The zero-order valence-corrected chi connectivity index (χ0v) is 16.6. The summed E-state index contributed by atoms with van der Waals surface area (Å²) >= 11 is 12.2. The smallest absolute Gasteiger partial charge is 0.263 e. The number of ether oxygens (including phenoxy) is 1. The molecule has 5 nitrogen and oxygen atoms in total. The maximum atomic E-state index is 12.1. The van der Waals surface area contributed by atoms with Gasteiger partial charge in [0.25, 0.3) is 11.8 Å². The third-order valence-corrected chi connectivity index (χ3v) is 5.19. The highest BCUT2D eigenvalue weighted by Gasteiger charge is 2.21. The second-order valence-corrected chi connectivity index (χ2v) is 7.85. The lowest BCUT2D eigenvalue weighted by molar-refractivity contribution is -0.118. The molecule has 0 saturated carbocycles. The molecular weight excluding hydrogens is 404 g/mol. The molecule has 1 aliphatic rings. The summed E-state index contributed by atoms with van der Waals surface area (Å²) in [5.41, 5.74) is 2.32. The van der Waals surface area contributed by atoms with Crippen LogP contribution in [0.15, 0.2) is 47.4 Å². The SMILES string of the molecule is Cc1ccc(NC(=O)COc2cccc(/C=C3\SC(=S)NC3=O)c2)cc1Cl. The maximum Gasteiger partial charge on any atom is 0.263 e. The van der Waals surface area contributed by atoms with Crippen molar-refractivity contribution in [1.82, 2.24) is 5.32 Å². The van der Waals surface area contributed by atoms with Crippen LogP contribution in [-0.2, 0) is 9.59 Å². The van der Waals surface area contributed by atoms with Gasteiger partial charge in [-0.2, -0.15) is 0 Å². The van der Waals surface area contributed by atoms with E-state index in [1.807, 2.05) is 19.1 Å². The van der Waals surface area contributed by atoms with Gasteiger partial charge in [-0.1, -0.05) is 53.8 Å². The number of thioether (sulfide) groups is 1. The van der Waals surface area contributed by atoms with E-state index in [2.05, 4.69) is 10.6 Å². The molecule has 1 saturated heterocycles. The summed E-state index contributed by atoms with van der Waals surface area (Å²) in [5, 5.41) is 5.89. The van der Waals surface area contributed by atoms with Gasteiger partial charge in [-0.3, -0.25) is 9.59 Å². The van der Waals surface area contributed by atoms with Gasteiger partial charge in [-0.05, 0) is 48.4 Å². The molecule has 0 radical (unpaired) electrons. The summed E-state index contributed by atoms with van der Waals surface area (Å²) in [6.45, 7) is 1.74. The quantitative estimate of drug-likeness (QED) is 0.563. The van der Waals surface area contributed by atoms with Crippen molar-refractivity contribution in [2.45, 2.75) is 6.92 Å². The molecule has 1 aliphatic heterocycles. The lowest BCUT2D eigenvalue weighted by Crippen LogP contribution is -2.20. The van der Waals surface area contributed by atoms with E-state index in [9.17, 15) is 9.59 Å². The molecule has 2 N–H and O–H groups in total. The Labute approximate surface area is 171 Å². The standard InChI is InChI=1S/C19H15ClN2O3S2/c1-11-5-6-13(9-15(11)20)21-17(23)10-25-14-4-2-3-12(7-14)8-16-18(24)22-19(26)27-16/h2-9H,10H2,1H3,(H,21,23)(H,22,24,26)/b16-8-. The van der Waals surface area contributed by atoms with Gasteiger partial charge < -0.3 is 15.4 Å². The second kappa shape index (κ2) is 8.56. The van der Waals surface area contributed by atoms with E-state index in [1.54, 1.807) is 36.4 Å². The molecule has 2 aromatic carbocycles. The highest BCUT2D eigenvalue weighted by molar-refractivity contribution is 8.26. The first-order valence-electron chi connectivity index (χ1n) is 7.94. The van der Waals surface area contributed by atoms with E-state index >= 15 is 0 Å². The number of thiocarbonyl (C=S) groups is 1. The summed E-state index contributed by atoms with van der Waals surface area (Å²) in [7, 11) is 0. The molecule has 8 heteroatoms. The van der Waals surface area contributed by atoms with Crippen LogP contribution in [0.2, 0.25) is 5.02 Å². The van der Waals surface area contributed by atoms with E-state index in [0.717, 1.165) is 11.1 Å². The van der Waals surface area contributed by atoms with E-state index < -0.39 is 0 Å². The number of rotatable bonds is 5. The first-order valence-corrected chi connectivity index (χ1v) is 9.55. The summed E-state index contributed by atoms with van der Waals surface area (Å²) < 4.78 is 5.98. The molecular formula is C19H15ClN2O3S2. The number of nitrogens with one attached hydrogen (secondary N) is 2. The Morgan fingerprint density at radius 1 is 1.33 bits per heavy atom. The van der Waals surface area contributed by atoms with Crippen LogP contribution in [0.3, 0.4) is 0 Å². The molecule has 2 amide bonds. The Hall–Kier alpha value is -2.35. The molecule has 138 valence electrons. The summed E-state index contributed by atoms with van der Waals surface area (Å²) in [6.07, 6.45) is 1.72. The second-order valence-electron chi connectivity index (χ2n) is 5.73. The minimum atomic E-state index is -0.297. The van der Waals surface area contributed by atoms with E-state index in [0.29, 0.717) is 25.7 Å². The van der Waals surface area contributed by atoms with Gasteiger partial charge in [-0.15, -0.1) is 0 Å². The molecule has 0 bridgehead atoms. The Morgan fingerprint density at radius 3 is 2.85 bits per heavy atom. The van der Waals surface area contributed by atoms with Crippen molar-refractivity contribution in [3.8, 4) is 5.75 Å². The predicted octanol–water partition coefficient (Wildman–Crippen LogP) is 4.15. The van der Waals surface area contributed by atoms with Crippen LogP contribution in [0.4, 0.5) is 5.69 Å². The number of carbonyl (C=O) groups is 2. The van der Waals surface area contributed by atoms with Crippen molar-refractivity contribution in [2.75, 3.05) is 11.9 Å². The van der Waals surface area contributed by atoms with E-state index in [1.165, 1.54) is 11.8 Å². The van der Waals surface area contributed by atoms with Crippen molar-refractivity contribution < 1.29 is 14.3 Å². The molecule has 0 spiro atoms. The van der Waals surface area contributed by atoms with E-state index in [-0.39, 0.29) is 18.4 Å². The molecule has 27 heavy (non-hydrogen) atoms. The monoisotopic (exact) mass is 418 g/mol. The molecule has 1 fully saturated rings. The number of halogens is 1. The fourth-order valence-electron chi connectivity index (χ4n) is 2.28. The van der Waals surface area contributed by atoms with Crippen LogP contribution in [0.1, 0.15) is 11.1 Å². The average Bonchev–Trinajstić information content (AvgIpc) is 2.94. The van der Waals surface area contributed by atoms with Gasteiger partial charge in [0, 0.05) is 10.7 Å². The molecule has 1 heterocycles. The number of hydrogen-bond donors (Lipinski definition) is 2. The number of benzene rings is 2. The number of aryl methyl sites for hydroxylation is 1. The Morgan fingerprint density at radius 2 is 2.15 bits per heavy atom. The van der Waals surface area contributed by atoms with Gasteiger partial charge in [0.15, 0.2) is 6.61 Å². The Balaban J connectivity index is 1.60. The number of anilines is 1. The lowest BCUT2D eigenvalue weighted by Gasteiger charge is -2.09. The van der Waals surface area contributed by atoms with Crippen molar-refractivity contribution >= 4 is 63.5 Å². The van der Waals surface area contributed by atoms with Crippen LogP contribution >= 0.6 is 35.6 Å². The zero-order chi connectivity index (χ0) is 19.4. The lowest BCUT2D eigenvalue weighted by atomic mass is 10.2. The third kappa shape index (κ3) is 5.32. The first-order chi connectivity index (χ1) is 12.9. The normalized spacial score (nSPS) is 15.0. The topological polar surface area (TPSA) is 67.4 Å². The minimum absolute atomic E-state index is 0.148. The highest BCUT2D eigenvalue weighted by Crippen LogP contribution is 2.27. The van der Waals surface area contributed by atoms with Gasteiger partial charge in [0.2, 0.25) is 0 Å². The Kier molecular flexibility index (Phi) is 6.15. The molecule has 0 unspecified atom stereocenters. The van der Waals surface area contributed by atoms with Gasteiger partial charge in [0.05, 0.1) is 4.91 Å². The molecule has 0 aromatic heterocycles. The summed E-state index contributed by atoms with van der Waals surface area (Å²) in [5.74, 6) is 0.00892. The van der Waals surface area contributed by atoms with Crippen LogP contribution in [0.25, 0.3) is 6.08 Å². The van der Waals surface area contributed by atoms with Crippen molar-refractivity contribution in [3.63, 3.8) is 0 Å². The van der Waals surface area contributed by atoms with Crippen molar-refractivity contribution in [3.05, 3.63) is 63.5 Å². The fourth-order valence-corrected chi connectivity index (χ4v) is 3.51. The van der Waals surface area contributed by atoms with Crippen LogP contribution in [-0.4, -0.2) is 22.7 Å². The summed E-state index contributed by atoms with van der Waals surface area (Å²) in [4.78, 5) is 24.3. The molecule has 0 aliphatic carbocycles. The van der Waals surface area contributed by atoms with Crippen molar-refractivity contribution in [2.24, 2.45) is 0 Å². The minimum Gasteiger partial charge on any atom is -0.484 e. The van der Waals surface area contributed by atoms with Crippen LogP contribution in [0, 0.1) is 6.92 Å². The zero-order valence-electron chi connectivity index (χ0n) is 14.2. The highest BCUT2D eigenvalue weighted by atomic mass is 35.5. The first kappa shape index (κ1) is 19.4. The summed E-state index contributed by atoms with van der Waals surface area (Å²) in [6, 6.07) is 12.4. The molecule has 3 rings (SSSR count). The van der Waals surface area contributed by atoms with Gasteiger partial charge in [-0.25, -0.2) is 0 Å². The van der Waals surface area contributed by atoms with Gasteiger partial charge >= 0.3 is 0 Å². The number of hydrogen-bond acceptors (Lipinski definition) is 5. The molecule has 0 atom stereocenters. The van der Waals surface area contributed by atoms with Crippen LogP contribution in [0.5, 0.6) is 5.75 Å². The Bertz CT molecular complexity index is 960. The largest absolute Gasteiger partial charge is 0.484 e. The average molecular weight is 419 g/mol. The maximum absolute atomic E-state index is 12.1. The van der Waals surface area contributed by atoms with Crippen LogP contribution < -0.4 is 15.4 Å². The van der Waals surface area contributed by atoms with Gasteiger partial charge in [0.1, 0.15) is 10.1 Å². The fraction of sp³-hybridized carbons (Fsp3) is 0.105. The molecule has 2 aromatic rings. The predicted molar refractivity (Wildman–Crippen MR) is 113 cm³/mol. The number of carbonyl (C=O) groups excluding carboxylic acids is 2. The van der Waals surface area contributed by atoms with E-state index in [4.69, 9.17) is 28.6 Å². The third-order valence-electron chi connectivity index (χ3n) is 3.62. The number of amides is 2. The van der Waals surface area contributed by atoms with Crippen molar-refractivity contribution in [1.29, 1.82) is 0 Å².